The van der Waals surface area contributed by atoms with Crippen LogP contribution < -0.4 is 5.32 Å². The number of aliphatic hydroxyl groups excluding tert-OH is 2. The second-order valence-electron chi connectivity index (χ2n) is 18.6. The van der Waals surface area contributed by atoms with Gasteiger partial charge in [-0.1, -0.05) is 244 Å². The van der Waals surface area contributed by atoms with Crippen LogP contribution in [0.25, 0.3) is 0 Å². The van der Waals surface area contributed by atoms with Gasteiger partial charge in [-0.3, -0.25) is 9.59 Å². The lowest BCUT2D eigenvalue weighted by molar-refractivity contribution is -0.143. The number of allylic oxidation sites excluding steroid dienone is 3. The Balaban J connectivity index is 3.53. The number of carbonyl (C=O) groups is 2. The number of esters is 1. The lowest BCUT2D eigenvalue weighted by Crippen LogP contribution is -2.45. The van der Waals surface area contributed by atoms with Crippen molar-refractivity contribution in [3.63, 3.8) is 0 Å². The van der Waals surface area contributed by atoms with Gasteiger partial charge in [0.15, 0.2) is 0 Å². The summed E-state index contributed by atoms with van der Waals surface area (Å²) >= 11 is 0. The first-order valence-corrected chi connectivity index (χ1v) is 27.1. The molecule has 0 bridgehead atoms. The van der Waals surface area contributed by atoms with Crippen molar-refractivity contribution in [1.29, 1.82) is 0 Å². The minimum Gasteiger partial charge on any atom is -0.466 e. The van der Waals surface area contributed by atoms with Crippen molar-refractivity contribution in [3.05, 3.63) is 24.3 Å². The second kappa shape index (κ2) is 51.0. The number of hydrogen-bond acceptors (Lipinski definition) is 5. The number of nitrogens with one attached hydrogen (secondary N) is 1. The fourth-order valence-corrected chi connectivity index (χ4v) is 8.27. The molecule has 0 saturated heterocycles. The van der Waals surface area contributed by atoms with E-state index < -0.39 is 12.1 Å². The Morgan fingerprint density at radius 3 is 1.16 bits per heavy atom. The van der Waals surface area contributed by atoms with Crippen molar-refractivity contribution in [2.24, 2.45) is 0 Å². The van der Waals surface area contributed by atoms with Crippen LogP contribution in [0.3, 0.4) is 0 Å². The van der Waals surface area contributed by atoms with Gasteiger partial charge in [0.25, 0.3) is 0 Å². The van der Waals surface area contributed by atoms with Gasteiger partial charge in [-0.15, -0.1) is 0 Å². The molecule has 0 aromatic carbocycles. The Morgan fingerprint density at radius 2 is 0.770 bits per heavy atom. The van der Waals surface area contributed by atoms with Crippen LogP contribution in [0.2, 0.25) is 0 Å². The average Bonchev–Trinajstić information content (AvgIpc) is 3.26. The third-order valence-corrected chi connectivity index (χ3v) is 12.5. The van der Waals surface area contributed by atoms with E-state index in [0.717, 1.165) is 83.5 Å². The van der Waals surface area contributed by atoms with Crippen LogP contribution in [-0.4, -0.2) is 47.4 Å². The van der Waals surface area contributed by atoms with E-state index in [9.17, 15) is 19.8 Å². The maximum atomic E-state index is 12.4. The Labute approximate surface area is 380 Å². The zero-order valence-corrected chi connectivity index (χ0v) is 40.9. The summed E-state index contributed by atoms with van der Waals surface area (Å²) < 4.78 is 5.45. The number of ether oxygens (including phenoxy) is 1. The number of aliphatic hydroxyl groups is 2. The quantitative estimate of drug-likeness (QED) is 0.0322. The van der Waals surface area contributed by atoms with Gasteiger partial charge in [-0.2, -0.15) is 0 Å². The zero-order chi connectivity index (χ0) is 44.4. The van der Waals surface area contributed by atoms with Gasteiger partial charge in [-0.25, -0.2) is 0 Å². The SMILES string of the molecule is CCCCCCCCCCCCCCCCC/C=C/C(O)C(CO)NC(=O)CCCCCCC/C=C\CCCCOC(=O)CCCCCCCCCCCCCCCCCC. The van der Waals surface area contributed by atoms with Crippen LogP contribution >= 0.6 is 0 Å². The van der Waals surface area contributed by atoms with Crippen molar-refractivity contribution in [2.45, 2.75) is 302 Å². The first kappa shape index (κ1) is 59.3. The minimum atomic E-state index is -0.862. The van der Waals surface area contributed by atoms with Gasteiger partial charge in [0.1, 0.15) is 0 Å². The van der Waals surface area contributed by atoms with Crippen molar-refractivity contribution >= 4 is 11.9 Å². The van der Waals surface area contributed by atoms with Crippen molar-refractivity contribution in [2.75, 3.05) is 13.2 Å². The molecule has 0 radical (unpaired) electrons. The molecule has 0 aliphatic rings. The molecule has 0 heterocycles. The molecule has 61 heavy (non-hydrogen) atoms. The molecule has 0 aromatic heterocycles. The summed E-state index contributed by atoms with van der Waals surface area (Å²) in [5.41, 5.74) is 0. The Hall–Kier alpha value is -1.66. The van der Waals surface area contributed by atoms with Gasteiger partial charge in [-0.05, 0) is 57.8 Å². The summed E-state index contributed by atoms with van der Waals surface area (Å²) in [5.74, 6) is -0.125. The first-order valence-electron chi connectivity index (χ1n) is 27.1. The standard InChI is InChI=1S/C55H105NO5/c1-3-5-7-9-11-13-15-17-19-21-22-24-27-31-35-39-43-47-53(58)52(51-57)56-54(59)48-44-40-36-32-28-26-30-34-38-42-46-50-61-55(60)49-45-41-37-33-29-25-23-20-18-16-14-12-10-8-6-4-2/h30,34,43,47,52-53,57-58H,3-29,31-33,35-42,44-46,48-51H2,1-2H3,(H,56,59)/b34-30-,47-43+. The number of carbonyl (C=O) groups excluding carboxylic acids is 2. The van der Waals surface area contributed by atoms with Crippen molar-refractivity contribution in [1.82, 2.24) is 5.32 Å². The summed E-state index contributed by atoms with van der Waals surface area (Å²) in [7, 11) is 0. The number of unbranched alkanes of at least 4 members (excludes halogenated alkanes) is 37. The van der Waals surface area contributed by atoms with Crippen LogP contribution in [0.4, 0.5) is 0 Å². The number of rotatable bonds is 50. The highest BCUT2D eigenvalue weighted by molar-refractivity contribution is 5.76. The van der Waals surface area contributed by atoms with Gasteiger partial charge in [0.2, 0.25) is 5.91 Å². The smallest absolute Gasteiger partial charge is 0.305 e. The molecule has 0 spiro atoms. The van der Waals surface area contributed by atoms with Crippen LogP contribution in [-0.2, 0) is 14.3 Å². The molecule has 0 saturated carbocycles. The Morgan fingerprint density at radius 1 is 0.443 bits per heavy atom. The van der Waals surface area contributed by atoms with E-state index in [1.807, 2.05) is 6.08 Å². The van der Waals surface area contributed by atoms with Gasteiger partial charge >= 0.3 is 5.97 Å². The fourth-order valence-electron chi connectivity index (χ4n) is 8.27. The molecular weight excluding hydrogens is 755 g/mol. The molecule has 3 N–H and O–H groups in total. The molecule has 0 aliphatic heterocycles. The van der Waals surface area contributed by atoms with E-state index in [0.29, 0.717) is 19.4 Å². The molecule has 0 fully saturated rings. The average molecular weight is 860 g/mol. The van der Waals surface area contributed by atoms with Crippen LogP contribution in [0, 0.1) is 0 Å². The monoisotopic (exact) mass is 860 g/mol. The lowest BCUT2D eigenvalue weighted by atomic mass is 10.0. The lowest BCUT2D eigenvalue weighted by Gasteiger charge is -2.20. The van der Waals surface area contributed by atoms with Gasteiger partial charge in [0.05, 0.1) is 25.4 Å². The van der Waals surface area contributed by atoms with E-state index in [1.54, 1.807) is 6.08 Å². The molecular formula is C55H105NO5. The van der Waals surface area contributed by atoms with Crippen molar-refractivity contribution in [3.8, 4) is 0 Å². The van der Waals surface area contributed by atoms with E-state index in [4.69, 9.17) is 4.74 Å². The summed E-state index contributed by atoms with van der Waals surface area (Å²) in [5, 5.41) is 23.1. The molecule has 6 nitrogen and oxygen atoms in total. The summed E-state index contributed by atoms with van der Waals surface area (Å²) in [6, 6.07) is -0.648. The number of hydrogen-bond donors (Lipinski definition) is 3. The van der Waals surface area contributed by atoms with E-state index in [2.05, 4.69) is 31.3 Å². The zero-order valence-electron chi connectivity index (χ0n) is 40.9. The second-order valence-corrected chi connectivity index (χ2v) is 18.6. The molecule has 360 valence electrons. The maximum Gasteiger partial charge on any atom is 0.305 e. The van der Waals surface area contributed by atoms with E-state index >= 15 is 0 Å². The minimum absolute atomic E-state index is 0.0295. The van der Waals surface area contributed by atoms with Gasteiger partial charge in [0, 0.05) is 12.8 Å². The largest absolute Gasteiger partial charge is 0.466 e. The summed E-state index contributed by atoms with van der Waals surface area (Å²) in [4.78, 5) is 24.5. The van der Waals surface area contributed by atoms with Crippen LogP contribution in [0.15, 0.2) is 24.3 Å². The summed E-state index contributed by atoms with van der Waals surface area (Å²) in [6.45, 7) is 4.84. The van der Waals surface area contributed by atoms with Gasteiger partial charge < -0.3 is 20.3 Å². The maximum absolute atomic E-state index is 12.4. The number of amides is 1. The molecule has 2 atom stereocenters. The highest BCUT2D eigenvalue weighted by Crippen LogP contribution is 2.16. The Kier molecular flexibility index (Phi) is 49.6. The molecule has 0 rings (SSSR count). The Bertz CT molecular complexity index is 951. The predicted octanol–water partition coefficient (Wildman–Crippen LogP) is 16.3. The third-order valence-electron chi connectivity index (χ3n) is 12.5. The predicted molar refractivity (Wildman–Crippen MR) is 264 cm³/mol. The van der Waals surface area contributed by atoms with E-state index in [1.165, 1.54) is 180 Å². The molecule has 1 amide bonds. The molecule has 0 aromatic rings. The first-order chi connectivity index (χ1) is 30.0. The highest BCUT2D eigenvalue weighted by atomic mass is 16.5. The normalized spacial score (nSPS) is 12.8. The third kappa shape index (κ3) is 47.7. The molecule has 0 aliphatic carbocycles. The van der Waals surface area contributed by atoms with Crippen molar-refractivity contribution < 1.29 is 24.5 Å². The van der Waals surface area contributed by atoms with E-state index in [-0.39, 0.29) is 18.5 Å². The highest BCUT2D eigenvalue weighted by Gasteiger charge is 2.18. The fraction of sp³-hybridized carbons (Fsp3) is 0.891. The molecule has 2 unspecified atom stereocenters. The molecule has 6 heteroatoms. The van der Waals surface area contributed by atoms with Crippen LogP contribution in [0.1, 0.15) is 290 Å². The summed E-state index contributed by atoms with van der Waals surface area (Å²) in [6.07, 6.45) is 60.4. The van der Waals surface area contributed by atoms with Crippen LogP contribution in [0.5, 0.6) is 0 Å². The topological polar surface area (TPSA) is 95.9 Å².